The van der Waals surface area contributed by atoms with Crippen molar-refractivity contribution in [3.8, 4) is 5.75 Å². The highest BCUT2D eigenvalue weighted by molar-refractivity contribution is 5.99. The molecule has 1 saturated heterocycles. The number of methoxy groups -OCH3 is 1. The fourth-order valence-electron chi connectivity index (χ4n) is 2.68. The monoisotopic (exact) mass is 276 g/mol. The summed E-state index contributed by atoms with van der Waals surface area (Å²) in [4.78, 5) is 14.5. The van der Waals surface area contributed by atoms with Gasteiger partial charge in [-0.15, -0.1) is 0 Å². The molecule has 0 bridgehead atoms. The minimum Gasteiger partial charge on any atom is -0.495 e. The lowest BCUT2D eigenvalue weighted by Gasteiger charge is -2.34. The average Bonchev–Trinajstić information content (AvgIpc) is 2.40. The number of piperidine rings is 1. The summed E-state index contributed by atoms with van der Waals surface area (Å²) < 4.78 is 5.40. The van der Waals surface area contributed by atoms with Gasteiger partial charge in [-0.2, -0.15) is 0 Å². The van der Waals surface area contributed by atoms with Crippen molar-refractivity contribution in [3.63, 3.8) is 0 Å². The second kappa shape index (κ2) is 6.27. The maximum Gasteiger partial charge on any atom is 0.244 e. The molecule has 110 valence electrons. The number of ether oxygens (including phenoxy) is 1. The van der Waals surface area contributed by atoms with Gasteiger partial charge < -0.3 is 15.0 Å². The van der Waals surface area contributed by atoms with E-state index in [4.69, 9.17) is 4.74 Å². The molecule has 4 nitrogen and oxygen atoms in total. The van der Waals surface area contributed by atoms with E-state index in [0.717, 1.165) is 36.4 Å². The zero-order valence-electron chi connectivity index (χ0n) is 12.8. The van der Waals surface area contributed by atoms with Crippen LogP contribution in [0.4, 0.5) is 5.69 Å². The molecule has 20 heavy (non-hydrogen) atoms. The first-order chi connectivity index (χ1) is 9.52. The number of rotatable bonds is 4. The number of anilines is 1. The minimum atomic E-state index is -0.0889. The van der Waals surface area contributed by atoms with E-state index in [0.29, 0.717) is 6.04 Å². The van der Waals surface area contributed by atoms with E-state index in [1.807, 2.05) is 30.0 Å². The van der Waals surface area contributed by atoms with Gasteiger partial charge in [0.25, 0.3) is 0 Å². The highest BCUT2D eigenvalue weighted by Crippen LogP contribution is 2.31. The zero-order valence-corrected chi connectivity index (χ0v) is 12.8. The van der Waals surface area contributed by atoms with E-state index < -0.39 is 0 Å². The molecule has 4 heteroatoms. The third kappa shape index (κ3) is 3.12. The fraction of sp³-hybridized carbons (Fsp3) is 0.562. The molecule has 0 aliphatic carbocycles. The Balaban J connectivity index is 2.27. The van der Waals surface area contributed by atoms with Crippen LogP contribution in [0.3, 0.4) is 0 Å². The Hall–Kier alpha value is -1.55. The number of carbonyl (C=O) groups excluding carboxylic acids is 1. The van der Waals surface area contributed by atoms with Gasteiger partial charge in [-0.1, -0.05) is 19.9 Å². The van der Waals surface area contributed by atoms with E-state index in [1.54, 1.807) is 7.11 Å². The first-order valence-corrected chi connectivity index (χ1v) is 7.25. The topological polar surface area (TPSA) is 41.6 Å². The number of nitrogens with zero attached hydrogens (tertiary/aromatic N) is 1. The molecule has 1 fully saturated rings. The van der Waals surface area contributed by atoms with E-state index in [9.17, 15) is 4.79 Å². The molecule has 1 unspecified atom stereocenters. The number of hydrogen-bond donors (Lipinski definition) is 1. The van der Waals surface area contributed by atoms with Crippen LogP contribution >= 0.6 is 0 Å². The normalized spacial score (nSPS) is 19.6. The molecular weight excluding hydrogens is 252 g/mol. The van der Waals surface area contributed by atoms with Crippen LogP contribution in [0.2, 0.25) is 0 Å². The van der Waals surface area contributed by atoms with Gasteiger partial charge in [-0.25, -0.2) is 0 Å². The van der Waals surface area contributed by atoms with Crippen LogP contribution in [-0.4, -0.2) is 31.6 Å². The summed E-state index contributed by atoms with van der Waals surface area (Å²) in [5.41, 5.74) is 2.01. The van der Waals surface area contributed by atoms with Crippen molar-refractivity contribution in [1.82, 2.24) is 5.32 Å². The number of aryl methyl sites for hydroxylation is 1. The summed E-state index contributed by atoms with van der Waals surface area (Å²) in [5, 5.41) is 3.35. The summed E-state index contributed by atoms with van der Waals surface area (Å²) in [7, 11) is 1.65. The molecular formula is C16H24N2O2. The van der Waals surface area contributed by atoms with Crippen molar-refractivity contribution in [2.24, 2.45) is 0 Å². The van der Waals surface area contributed by atoms with Crippen LogP contribution in [0.15, 0.2) is 18.2 Å². The molecule has 1 aromatic carbocycles. The molecule has 1 aromatic rings. The van der Waals surface area contributed by atoms with E-state index in [2.05, 4.69) is 19.2 Å². The third-order valence-electron chi connectivity index (χ3n) is 3.60. The Morgan fingerprint density at radius 1 is 1.40 bits per heavy atom. The third-order valence-corrected chi connectivity index (χ3v) is 3.60. The van der Waals surface area contributed by atoms with Gasteiger partial charge in [0.1, 0.15) is 5.75 Å². The zero-order chi connectivity index (χ0) is 14.7. The van der Waals surface area contributed by atoms with Crippen LogP contribution in [-0.2, 0) is 4.79 Å². The smallest absolute Gasteiger partial charge is 0.244 e. The predicted molar refractivity (Wildman–Crippen MR) is 81.4 cm³/mol. The fourth-order valence-corrected chi connectivity index (χ4v) is 2.68. The Kier molecular flexibility index (Phi) is 4.65. The molecule has 1 aliphatic rings. The highest BCUT2D eigenvalue weighted by atomic mass is 16.5. The van der Waals surface area contributed by atoms with Crippen molar-refractivity contribution >= 4 is 11.6 Å². The second-order valence-corrected chi connectivity index (χ2v) is 5.68. The van der Waals surface area contributed by atoms with Crippen LogP contribution in [0.25, 0.3) is 0 Å². The van der Waals surface area contributed by atoms with Crippen molar-refractivity contribution < 1.29 is 9.53 Å². The van der Waals surface area contributed by atoms with Crippen LogP contribution in [0.5, 0.6) is 5.75 Å². The van der Waals surface area contributed by atoms with Gasteiger partial charge in [-0.3, -0.25) is 4.79 Å². The summed E-state index contributed by atoms with van der Waals surface area (Å²) in [6.45, 7) is 6.93. The van der Waals surface area contributed by atoms with Crippen LogP contribution < -0.4 is 15.0 Å². The van der Waals surface area contributed by atoms with Gasteiger partial charge in [0, 0.05) is 12.6 Å². The summed E-state index contributed by atoms with van der Waals surface area (Å²) in [5.74, 6) is 0.906. The quantitative estimate of drug-likeness (QED) is 0.918. The first-order valence-electron chi connectivity index (χ1n) is 7.25. The van der Waals surface area contributed by atoms with E-state index >= 15 is 0 Å². The van der Waals surface area contributed by atoms with Gasteiger partial charge in [0.05, 0.1) is 18.8 Å². The largest absolute Gasteiger partial charge is 0.495 e. The molecule has 2 rings (SSSR count). The molecule has 1 heterocycles. The number of amides is 1. The summed E-state index contributed by atoms with van der Waals surface area (Å²) >= 11 is 0. The number of carbonyl (C=O) groups is 1. The molecule has 1 N–H and O–H groups in total. The molecule has 0 spiro atoms. The molecule has 1 amide bonds. The predicted octanol–water partition coefficient (Wildman–Crippen LogP) is 2.50. The van der Waals surface area contributed by atoms with Gasteiger partial charge in [-0.05, 0) is 37.5 Å². The Bertz CT molecular complexity index is 485. The lowest BCUT2D eigenvalue weighted by Crippen LogP contribution is -2.52. The Labute approximate surface area is 121 Å². The standard InChI is InChI=1S/C16H24N2O2/c1-11(2)17-13-6-5-9-18(16(13)19)14-10-12(3)7-8-15(14)20-4/h7-8,10-11,13,17H,5-6,9H2,1-4H3. The van der Waals surface area contributed by atoms with Crippen LogP contribution in [0, 0.1) is 6.92 Å². The van der Waals surface area contributed by atoms with Gasteiger partial charge in [0.15, 0.2) is 0 Å². The minimum absolute atomic E-state index is 0.0889. The maximum atomic E-state index is 12.6. The molecule has 1 aliphatic heterocycles. The molecule has 0 radical (unpaired) electrons. The summed E-state index contributed by atoms with van der Waals surface area (Å²) in [6.07, 6.45) is 1.91. The van der Waals surface area contributed by atoms with Crippen LogP contribution in [0.1, 0.15) is 32.3 Å². The lowest BCUT2D eigenvalue weighted by molar-refractivity contribution is -0.122. The Morgan fingerprint density at radius 2 is 2.15 bits per heavy atom. The van der Waals surface area contributed by atoms with Crippen molar-refractivity contribution in [1.29, 1.82) is 0 Å². The Morgan fingerprint density at radius 3 is 2.80 bits per heavy atom. The van der Waals surface area contributed by atoms with Gasteiger partial charge >= 0.3 is 0 Å². The number of nitrogens with one attached hydrogen (secondary N) is 1. The second-order valence-electron chi connectivity index (χ2n) is 5.68. The van der Waals surface area contributed by atoms with Crippen molar-refractivity contribution in [3.05, 3.63) is 23.8 Å². The molecule has 0 aromatic heterocycles. The highest BCUT2D eigenvalue weighted by Gasteiger charge is 2.31. The lowest BCUT2D eigenvalue weighted by atomic mass is 10.0. The number of benzene rings is 1. The van der Waals surface area contributed by atoms with E-state index in [1.165, 1.54) is 0 Å². The van der Waals surface area contributed by atoms with E-state index in [-0.39, 0.29) is 11.9 Å². The first kappa shape index (κ1) is 14.9. The van der Waals surface area contributed by atoms with Crippen molar-refractivity contribution in [2.75, 3.05) is 18.6 Å². The molecule has 1 atom stereocenters. The van der Waals surface area contributed by atoms with Gasteiger partial charge in [0.2, 0.25) is 5.91 Å². The SMILES string of the molecule is COc1ccc(C)cc1N1CCCC(NC(C)C)C1=O. The number of hydrogen-bond acceptors (Lipinski definition) is 3. The summed E-state index contributed by atoms with van der Waals surface area (Å²) in [6, 6.07) is 6.17. The maximum absolute atomic E-state index is 12.6. The molecule has 0 saturated carbocycles. The average molecular weight is 276 g/mol. The van der Waals surface area contributed by atoms with Crippen molar-refractivity contribution in [2.45, 2.75) is 45.7 Å².